The maximum absolute atomic E-state index is 10.7. The summed E-state index contributed by atoms with van der Waals surface area (Å²) in [7, 11) is 0. The maximum Gasteiger partial charge on any atom is 0.104 e. The van der Waals surface area contributed by atoms with Crippen molar-refractivity contribution in [1.82, 2.24) is 0 Å². The number of aliphatic carboxylic acids is 1. The van der Waals surface area contributed by atoms with Crippen LogP contribution in [0, 0.1) is 0 Å². The molecule has 1 aliphatic carbocycles. The van der Waals surface area contributed by atoms with E-state index in [1.54, 1.807) is 0 Å². The second-order valence-corrected chi connectivity index (χ2v) is 10.1. The Bertz CT molecular complexity index is 311. The minimum atomic E-state index is -2.34. The number of aliphatic hydroxyl groups is 1. The van der Waals surface area contributed by atoms with E-state index in [4.69, 9.17) is 8.44 Å². The van der Waals surface area contributed by atoms with Gasteiger partial charge in [-0.3, -0.25) is 0 Å². The van der Waals surface area contributed by atoms with Crippen molar-refractivity contribution in [3.63, 3.8) is 0 Å². The fourth-order valence-corrected chi connectivity index (χ4v) is 5.90. The first-order valence-corrected chi connectivity index (χ1v) is 13.2. The van der Waals surface area contributed by atoms with E-state index >= 15 is 0 Å². The molecule has 0 spiro atoms. The van der Waals surface area contributed by atoms with Crippen LogP contribution in [0.15, 0.2) is 0 Å². The number of carbonyl (C=O) groups is 1. The van der Waals surface area contributed by atoms with Crippen LogP contribution < -0.4 is 5.11 Å². The molecule has 7 heteroatoms. The van der Waals surface area contributed by atoms with E-state index < -0.39 is 34.6 Å². The summed E-state index contributed by atoms with van der Waals surface area (Å²) in [6.07, 6.45) is 9.77. The standard InChI is InChI=1S/C10H18O3.3C3H7O.Zr/c11-9(12)10(13)7-5-3-1-2-4-6-8-10;3*1-2-3-4;/h13H,1-8H2,(H,11,12);3*2-3H2,1H3;/q;3*-1;+4/p-1. The average Bonchev–Trinajstić information content (AvgIpc) is 2.74. The first-order chi connectivity index (χ1) is 12.5. The van der Waals surface area contributed by atoms with Crippen LogP contribution in [-0.2, 0) is 36.3 Å². The first-order valence-electron chi connectivity index (χ1n) is 10.2. The number of carbonyl (C=O) groups excluding carboxylic acids is 1. The van der Waals surface area contributed by atoms with Gasteiger partial charge in [0, 0.05) is 0 Å². The molecule has 0 unspecified atom stereocenters. The summed E-state index contributed by atoms with van der Waals surface area (Å²) in [5, 5.41) is 20.4. The van der Waals surface area contributed by atoms with Crippen LogP contribution >= 0.6 is 0 Å². The van der Waals surface area contributed by atoms with Crippen LogP contribution in [0.4, 0.5) is 0 Å². The molecule has 26 heavy (non-hydrogen) atoms. The molecule has 0 aromatic carbocycles. The fourth-order valence-electron chi connectivity index (χ4n) is 2.55. The predicted octanol–water partition coefficient (Wildman–Crippen LogP) is 3.23. The second kappa shape index (κ2) is 17.3. The van der Waals surface area contributed by atoms with Crippen molar-refractivity contribution in [2.75, 3.05) is 19.8 Å². The molecule has 0 atom stereocenters. The van der Waals surface area contributed by atoms with Crippen LogP contribution in [0.3, 0.4) is 0 Å². The maximum atomic E-state index is 10.7. The van der Waals surface area contributed by atoms with Crippen molar-refractivity contribution in [3.8, 4) is 0 Å². The van der Waals surface area contributed by atoms with Crippen molar-refractivity contribution < 1.29 is 46.5 Å². The molecule has 0 saturated heterocycles. The quantitative estimate of drug-likeness (QED) is 0.546. The smallest absolute Gasteiger partial charge is 0.104 e. The van der Waals surface area contributed by atoms with E-state index in [0.29, 0.717) is 12.8 Å². The summed E-state index contributed by atoms with van der Waals surface area (Å²) in [6, 6.07) is 0. The summed E-state index contributed by atoms with van der Waals surface area (Å²) >= 11 is -2.34. The average molecular weight is 454 g/mol. The van der Waals surface area contributed by atoms with E-state index in [-0.39, 0.29) is 0 Å². The van der Waals surface area contributed by atoms with Crippen molar-refractivity contribution in [3.05, 3.63) is 0 Å². The van der Waals surface area contributed by atoms with Gasteiger partial charge in [-0.25, -0.2) is 0 Å². The van der Waals surface area contributed by atoms with Gasteiger partial charge in [0.05, 0.1) is 5.97 Å². The van der Waals surface area contributed by atoms with Gasteiger partial charge in [0.2, 0.25) is 0 Å². The van der Waals surface area contributed by atoms with Gasteiger partial charge in [-0.2, -0.15) is 0 Å². The summed E-state index contributed by atoms with van der Waals surface area (Å²) in [6.45, 7) is 8.63. The van der Waals surface area contributed by atoms with Gasteiger partial charge in [0.25, 0.3) is 0 Å². The van der Waals surface area contributed by atoms with Crippen LogP contribution in [0.1, 0.15) is 91.4 Å². The van der Waals surface area contributed by atoms with Gasteiger partial charge in [0.15, 0.2) is 0 Å². The largest absolute Gasteiger partial charge is 0.547 e. The molecule has 0 aromatic rings. The minimum absolute atomic E-state index is 0.356. The zero-order valence-electron chi connectivity index (χ0n) is 16.9. The molecule has 1 N–H and O–H groups in total. The third-order valence-electron chi connectivity index (χ3n) is 4.08. The monoisotopic (exact) mass is 452 g/mol. The Morgan fingerprint density at radius 2 is 1.19 bits per heavy atom. The third-order valence-corrected chi connectivity index (χ3v) is 7.33. The molecule has 0 heterocycles. The Hall–Kier alpha value is 0.193. The van der Waals surface area contributed by atoms with Crippen LogP contribution in [0.25, 0.3) is 0 Å². The SMILES string of the molecule is CCC[O][Zr+]([O]CCC)[O]CCC.O=C([O-])C1(O)CCCCCCCC1. The molecule has 0 bridgehead atoms. The molecule has 0 aromatic heterocycles. The Kier molecular flexibility index (Phi) is 17.4. The van der Waals surface area contributed by atoms with Gasteiger partial charge >= 0.3 is 91.4 Å². The van der Waals surface area contributed by atoms with Crippen LogP contribution in [0.5, 0.6) is 0 Å². The molecule has 0 amide bonds. The molecule has 0 radical (unpaired) electrons. The normalized spacial score (nSPS) is 17.2. The molecule has 1 saturated carbocycles. The number of rotatable bonds is 10. The second-order valence-electron chi connectivity index (χ2n) is 6.74. The minimum Gasteiger partial charge on any atom is -0.547 e. The Labute approximate surface area is 169 Å². The zero-order valence-corrected chi connectivity index (χ0v) is 19.3. The van der Waals surface area contributed by atoms with Crippen LogP contribution in [-0.4, -0.2) is 36.5 Å². The van der Waals surface area contributed by atoms with Crippen LogP contribution in [0.2, 0.25) is 0 Å². The topological polar surface area (TPSA) is 88.1 Å². The van der Waals surface area contributed by atoms with Crippen molar-refractivity contribution in [2.24, 2.45) is 0 Å². The first kappa shape index (κ1) is 26.2. The molecule has 1 aliphatic rings. The van der Waals surface area contributed by atoms with Gasteiger partial charge in [-0.05, 0) is 12.8 Å². The molecule has 154 valence electrons. The van der Waals surface area contributed by atoms with Gasteiger partial charge < -0.3 is 15.0 Å². The molecular formula is C19H38O6Zr. The Morgan fingerprint density at radius 1 is 0.846 bits per heavy atom. The predicted molar refractivity (Wildman–Crippen MR) is 95.6 cm³/mol. The molecular weight excluding hydrogens is 415 g/mol. The third kappa shape index (κ3) is 13.4. The zero-order chi connectivity index (χ0) is 19.7. The molecule has 6 nitrogen and oxygen atoms in total. The van der Waals surface area contributed by atoms with Crippen molar-refractivity contribution in [2.45, 2.75) is 97.0 Å². The van der Waals surface area contributed by atoms with E-state index in [1.807, 2.05) is 0 Å². The Balaban J connectivity index is 0.000000481. The molecule has 1 fully saturated rings. The number of hydrogen-bond donors (Lipinski definition) is 1. The van der Waals surface area contributed by atoms with E-state index in [9.17, 15) is 15.0 Å². The fraction of sp³-hybridized carbons (Fsp3) is 0.947. The number of hydrogen-bond acceptors (Lipinski definition) is 6. The van der Waals surface area contributed by atoms with E-state index in [1.165, 1.54) is 0 Å². The number of carboxylic acid groups (broad SMARTS) is 1. The van der Waals surface area contributed by atoms with Crippen molar-refractivity contribution >= 4 is 5.97 Å². The van der Waals surface area contributed by atoms with Gasteiger partial charge in [-0.15, -0.1) is 0 Å². The summed E-state index contributed by atoms with van der Waals surface area (Å²) in [5.41, 5.74) is -1.55. The summed E-state index contributed by atoms with van der Waals surface area (Å²) < 4.78 is 16.6. The van der Waals surface area contributed by atoms with Gasteiger partial charge in [-0.1, -0.05) is 38.5 Å². The van der Waals surface area contributed by atoms with E-state index in [2.05, 4.69) is 20.8 Å². The molecule has 0 aliphatic heterocycles. The van der Waals surface area contributed by atoms with E-state index in [0.717, 1.165) is 77.6 Å². The van der Waals surface area contributed by atoms with Crippen molar-refractivity contribution in [1.29, 1.82) is 0 Å². The summed E-state index contributed by atoms with van der Waals surface area (Å²) in [4.78, 5) is 10.7. The van der Waals surface area contributed by atoms with Gasteiger partial charge in [0.1, 0.15) is 5.60 Å². The molecule has 1 rings (SSSR count). The number of carboxylic acids is 1. The Morgan fingerprint density at radius 3 is 1.50 bits per heavy atom. The summed E-state index contributed by atoms with van der Waals surface area (Å²) in [5.74, 6) is -1.30.